The summed E-state index contributed by atoms with van der Waals surface area (Å²) < 4.78 is 2.29. The van der Waals surface area contributed by atoms with Gasteiger partial charge in [0.15, 0.2) is 6.17 Å². The Morgan fingerprint density at radius 2 is 1.67 bits per heavy atom. The molecule has 0 amide bonds. The Labute approximate surface area is 145 Å². The van der Waals surface area contributed by atoms with Crippen LogP contribution in [-0.4, -0.2) is 16.6 Å². The van der Waals surface area contributed by atoms with E-state index >= 15 is 0 Å². The number of pyridine rings is 1. The smallest absolute Gasteiger partial charge is 0.283 e. The number of aryl methyl sites for hydroxylation is 1. The second-order valence-electron chi connectivity index (χ2n) is 7.56. The van der Waals surface area contributed by atoms with Gasteiger partial charge in [0.2, 0.25) is 0 Å². The van der Waals surface area contributed by atoms with Crippen LogP contribution < -0.4 is 9.47 Å². The SMILES string of the molecule is Cc1ccccc1-c1cccc(N2C=CN(C(C)(C)C)[C@@H]2C)[n+]1C. The summed E-state index contributed by atoms with van der Waals surface area (Å²) in [5.41, 5.74) is 3.92. The first-order valence-corrected chi connectivity index (χ1v) is 8.61. The molecule has 126 valence electrons. The van der Waals surface area contributed by atoms with E-state index in [0.717, 1.165) is 0 Å². The summed E-state index contributed by atoms with van der Waals surface area (Å²) in [6.45, 7) is 11.2. The Hall–Kier alpha value is -2.29. The predicted molar refractivity (Wildman–Crippen MR) is 100 cm³/mol. The Morgan fingerprint density at radius 1 is 0.958 bits per heavy atom. The van der Waals surface area contributed by atoms with Crippen molar-refractivity contribution in [3.05, 3.63) is 60.4 Å². The normalized spacial score (nSPS) is 17.7. The van der Waals surface area contributed by atoms with Crippen molar-refractivity contribution in [3.8, 4) is 11.3 Å². The van der Waals surface area contributed by atoms with Crippen LogP contribution in [0.1, 0.15) is 33.3 Å². The van der Waals surface area contributed by atoms with Crippen molar-refractivity contribution in [2.24, 2.45) is 7.05 Å². The molecule has 0 unspecified atom stereocenters. The van der Waals surface area contributed by atoms with Crippen LogP contribution in [0.3, 0.4) is 0 Å². The lowest BCUT2D eigenvalue weighted by Gasteiger charge is -2.35. The molecule has 0 radical (unpaired) electrons. The average molecular weight is 322 g/mol. The Morgan fingerprint density at radius 3 is 2.29 bits per heavy atom. The number of hydrogen-bond acceptors (Lipinski definition) is 2. The summed E-state index contributed by atoms with van der Waals surface area (Å²) >= 11 is 0. The van der Waals surface area contributed by atoms with E-state index in [-0.39, 0.29) is 5.54 Å². The van der Waals surface area contributed by atoms with Crippen LogP contribution in [0, 0.1) is 6.92 Å². The van der Waals surface area contributed by atoms with Crippen LogP contribution in [0.2, 0.25) is 0 Å². The number of hydrogen-bond donors (Lipinski definition) is 0. The summed E-state index contributed by atoms with van der Waals surface area (Å²) in [6.07, 6.45) is 4.68. The predicted octanol–water partition coefficient (Wildman–Crippen LogP) is 4.22. The highest BCUT2D eigenvalue weighted by atomic mass is 15.4. The molecule has 0 spiro atoms. The molecule has 1 aromatic carbocycles. The Bertz CT molecular complexity index is 771. The molecule has 24 heavy (non-hydrogen) atoms. The molecule has 1 aromatic heterocycles. The Kier molecular flexibility index (Phi) is 4.12. The third-order valence-electron chi connectivity index (χ3n) is 4.86. The number of rotatable bonds is 2. The number of aromatic nitrogens is 1. The van der Waals surface area contributed by atoms with E-state index < -0.39 is 0 Å². The summed E-state index contributed by atoms with van der Waals surface area (Å²) in [7, 11) is 2.15. The van der Waals surface area contributed by atoms with E-state index in [9.17, 15) is 0 Å². The van der Waals surface area contributed by atoms with E-state index in [1.807, 2.05) is 0 Å². The zero-order valence-corrected chi connectivity index (χ0v) is 15.6. The summed E-state index contributed by atoms with van der Waals surface area (Å²) in [6, 6.07) is 15.1. The molecule has 1 atom stereocenters. The van der Waals surface area contributed by atoms with Gasteiger partial charge in [-0.15, -0.1) is 0 Å². The van der Waals surface area contributed by atoms with Gasteiger partial charge < -0.3 is 4.90 Å². The van der Waals surface area contributed by atoms with Crippen molar-refractivity contribution >= 4 is 5.82 Å². The maximum absolute atomic E-state index is 2.40. The van der Waals surface area contributed by atoms with Gasteiger partial charge in [0.1, 0.15) is 11.9 Å². The molecule has 0 bridgehead atoms. The van der Waals surface area contributed by atoms with Crippen molar-refractivity contribution in [3.63, 3.8) is 0 Å². The maximum Gasteiger partial charge on any atom is 0.283 e. The highest BCUT2D eigenvalue weighted by Crippen LogP contribution is 2.29. The van der Waals surface area contributed by atoms with Crippen LogP contribution in [0.5, 0.6) is 0 Å². The lowest BCUT2D eigenvalue weighted by atomic mass is 10.0. The molecule has 3 heteroatoms. The van der Waals surface area contributed by atoms with E-state index in [1.165, 1.54) is 22.6 Å². The van der Waals surface area contributed by atoms with E-state index in [1.54, 1.807) is 0 Å². The average Bonchev–Trinajstić information content (AvgIpc) is 2.90. The third-order valence-corrected chi connectivity index (χ3v) is 4.86. The first kappa shape index (κ1) is 16.6. The molecule has 3 nitrogen and oxygen atoms in total. The molecule has 1 aliphatic heterocycles. The molecule has 1 aliphatic rings. The van der Waals surface area contributed by atoms with Gasteiger partial charge in [-0.25, -0.2) is 9.47 Å². The van der Waals surface area contributed by atoms with Crippen LogP contribution >= 0.6 is 0 Å². The number of nitrogens with zero attached hydrogens (tertiary/aromatic N) is 3. The van der Waals surface area contributed by atoms with Gasteiger partial charge in [0.05, 0.1) is 7.05 Å². The summed E-state index contributed by atoms with van der Waals surface area (Å²) in [5, 5.41) is 0. The standard InChI is InChI=1S/C21H28N3/c1-16-10-7-8-11-18(16)19-12-9-13-20(22(19)6)23-14-15-24(17(23)2)21(3,4)5/h7-15,17H,1-6H3/q+1/t17-/m1/s1. The monoisotopic (exact) mass is 322 g/mol. The minimum atomic E-state index is 0.108. The van der Waals surface area contributed by atoms with Gasteiger partial charge in [-0.05, 0) is 52.3 Å². The fraction of sp³-hybridized carbons (Fsp3) is 0.381. The number of anilines is 1. The highest BCUT2D eigenvalue weighted by Gasteiger charge is 2.37. The second kappa shape index (κ2) is 5.97. The zero-order chi connectivity index (χ0) is 17.5. The van der Waals surface area contributed by atoms with Crippen molar-refractivity contribution < 1.29 is 4.57 Å². The molecule has 3 rings (SSSR count). The summed E-state index contributed by atoms with van der Waals surface area (Å²) in [5.74, 6) is 1.20. The highest BCUT2D eigenvalue weighted by molar-refractivity contribution is 5.61. The van der Waals surface area contributed by atoms with Crippen molar-refractivity contribution in [2.75, 3.05) is 4.90 Å². The summed E-state index contributed by atoms with van der Waals surface area (Å²) in [4.78, 5) is 4.74. The first-order chi connectivity index (χ1) is 11.3. The van der Waals surface area contributed by atoms with Gasteiger partial charge >= 0.3 is 0 Å². The van der Waals surface area contributed by atoms with Crippen LogP contribution in [0.15, 0.2) is 54.9 Å². The van der Waals surface area contributed by atoms with Gasteiger partial charge in [0.25, 0.3) is 5.82 Å². The third kappa shape index (κ3) is 2.79. The molecular formula is C21H28N3+. The molecule has 2 aromatic rings. The quantitative estimate of drug-likeness (QED) is 0.766. The van der Waals surface area contributed by atoms with Gasteiger partial charge in [0, 0.05) is 23.4 Å². The minimum absolute atomic E-state index is 0.108. The lowest BCUT2D eigenvalue weighted by molar-refractivity contribution is -0.647. The molecule has 0 saturated heterocycles. The fourth-order valence-electron chi connectivity index (χ4n) is 3.54. The second-order valence-corrected chi connectivity index (χ2v) is 7.56. The van der Waals surface area contributed by atoms with Crippen molar-refractivity contribution in [2.45, 2.75) is 46.3 Å². The maximum atomic E-state index is 2.40. The van der Waals surface area contributed by atoms with Gasteiger partial charge in [-0.2, -0.15) is 0 Å². The Balaban J connectivity index is 2.02. The van der Waals surface area contributed by atoms with E-state index in [0.29, 0.717) is 6.17 Å². The van der Waals surface area contributed by atoms with E-state index in [2.05, 4.69) is 111 Å². The van der Waals surface area contributed by atoms with Gasteiger partial charge in [-0.1, -0.05) is 24.3 Å². The molecular weight excluding hydrogens is 294 g/mol. The van der Waals surface area contributed by atoms with Crippen LogP contribution in [0.25, 0.3) is 11.3 Å². The molecule has 0 N–H and O–H groups in total. The zero-order valence-electron chi connectivity index (χ0n) is 15.6. The van der Waals surface area contributed by atoms with Gasteiger partial charge in [-0.3, -0.25) is 0 Å². The fourth-order valence-corrected chi connectivity index (χ4v) is 3.54. The molecule has 0 saturated carbocycles. The molecule has 2 heterocycles. The van der Waals surface area contributed by atoms with Crippen molar-refractivity contribution in [1.82, 2.24) is 4.90 Å². The van der Waals surface area contributed by atoms with Crippen molar-refractivity contribution in [1.29, 1.82) is 0 Å². The largest absolute Gasteiger partial charge is 0.331 e. The first-order valence-electron chi connectivity index (χ1n) is 8.61. The van der Waals surface area contributed by atoms with Crippen LogP contribution in [0.4, 0.5) is 5.82 Å². The van der Waals surface area contributed by atoms with E-state index in [4.69, 9.17) is 0 Å². The topological polar surface area (TPSA) is 10.4 Å². The minimum Gasteiger partial charge on any atom is -0.331 e. The van der Waals surface area contributed by atoms with Crippen LogP contribution in [-0.2, 0) is 7.05 Å². The molecule has 0 aliphatic carbocycles. The lowest BCUT2D eigenvalue weighted by Crippen LogP contribution is -2.49. The number of benzene rings is 1. The molecule has 0 fully saturated rings.